The van der Waals surface area contributed by atoms with Crippen LogP contribution in [0.2, 0.25) is 0 Å². The first-order chi connectivity index (χ1) is 12.6. The van der Waals surface area contributed by atoms with E-state index in [1.54, 1.807) is 16.8 Å². The van der Waals surface area contributed by atoms with Gasteiger partial charge in [-0.3, -0.25) is 4.68 Å². The highest BCUT2D eigenvalue weighted by molar-refractivity contribution is 5.89. The zero-order valence-corrected chi connectivity index (χ0v) is 14.3. The lowest BCUT2D eigenvalue weighted by Gasteiger charge is -2.18. The Balaban J connectivity index is 1.33. The minimum Gasteiger partial charge on any atom is -0.390 e. The second kappa shape index (κ2) is 7.05. The average molecular weight is 357 g/mol. The molecule has 4 atom stereocenters. The second-order valence-electron chi connectivity index (χ2n) is 7.19. The van der Waals surface area contributed by atoms with Crippen LogP contribution in [0.3, 0.4) is 0 Å². The summed E-state index contributed by atoms with van der Waals surface area (Å²) >= 11 is 0. The predicted octanol–water partition coefficient (Wildman–Crippen LogP) is 1.09. The third-order valence-corrected chi connectivity index (χ3v) is 5.12. The van der Waals surface area contributed by atoms with E-state index in [2.05, 4.69) is 20.9 Å². The Hall–Kier alpha value is -2.45. The van der Waals surface area contributed by atoms with Crippen molar-refractivity contribution in [2.24, 2.45) is 5.92 Å². The predicted molar refractivity (Wildman–Crippen MR) is 94.5 cm³/mol. The lowest BCUT2D eigenvalue weighted by atomic mass is 10.1. The summed E-state index contributed by atoms with van der Waals surface area (Å²) < 4.78 is 1.72. The van der Waals surface area contributed by atoms with Gasteiger partial charge in [0.1, 0.15) is 6.10 Å². The van der Waals surface area contributed by atoms with Crippen LogP contribution in [-0.4, -0.2) is 49.5 Å². The molecule has 8 heteroatoms. The number of carbonyl (C=O) groups excluding carboxylic acids is 1. The van der Waals surface area contributed by atoms with Crippen molar-refractivity contribution in [2.75, 3.05) is 5.32 Å². The first kappa shape index (κ1) is 17.0. The van der Waals surface area contributed by atoms with Gasteiger partial charge in [-0.25, -0.2) is 4.79 Å². The van der Waals surface area contributed by atoms with Crippen LogP contribution in [0.25, 0.3) is 0 Å². The minimum absolute atomic E-state index is 0.194. The number of hydrogen-bond acceptors (Lipinski definition) is 5. The van der Waals surface area contributed by atoms with Crippen LogP contribution >= 0.6 is 0 Å². The Morgan fingerprint density at radius 2 is 1.96 bits per heavy atom. The summed E-state index contributed by atoms with van der Waals surface area (Å²) in [4.78, 5) is 12.1. The van der Waals surface area contributed by atoms with E-state index in [1.807, 2.05) is 24.4 Å². The van der Waals surface area contributed by atoms with E-state index in [9.17, 15) is 15.0 Å². The Morgan fingerprint density at radius 1 is 1.19 bits per heavy atom. The lowest BCUT2D eigenvalue weighted by molar-refractivity contribution is 0.00878. The molecule has 2 aliphatic carbocycles. The number of aliphatic hydroxyl groups is 2. The van der Waals surface area contributed by atoms with Gasteiger partial charge in [0.15, 0.2) is 0 Å². The molecule has 1 heterocycles. The van der Waals surface area contributed by atoms with Crippen LogP contribution in [0.4, 0.5) is 10.5 Å². The maximum absolute atomic E-state index is 12.1. The van der Waals surface area contributed by atoms with Gasteiger partial charge in [0.25, 0.3) is 0 Å². The SMILES string of the molecule is O=C(Nc1ccccc1)N[C@@H]1C[C@H](Cn2cc(C3CC3)nn2)[C@@H](O)[C@H]1O. The van der Waals surface area contributed by atoms with Gasteiger partial charge in [-0.1, -0.05) is 23.4 Å². The van der Waals surface area contributed by atoms with Crippen molar-refractivity contribution in [1.82, 2.24) is 20.3 Å². The van der Waals surface area contributed by atoms with Crippen molar-refractivity contribution in [3.05, 3.63) is 42.2 Å². The Morgan fingerprint density at radius 3 is 2.69 bits per heavy atom. The summed E-state index contributed by atoms with van der Waals surface area (Å²) in [5.74, 6) is 0.333. The van der Waals surface area contributed by atoms with Gasteiger partial charge in [0.05, 0.1) is 17.8 Å². The van der Waals surface area contributed by atoms with Crippen molar-refractivity contribution in [3.8, 4) is 0 Å². The molecular formula is C18H23N5O3. The summed E-state index contributed by atoms with van der Waals surface area (Å²) in [5, 5.41) is 34.4. The van der Waals surface area contributed by atoms with Gasteiger partial charge in [-0.2, -0.15) is 0 Å². The minimum atomic E-state index is -1.01. The number of anilines is 1. The molecule has 2 aliphatic rings. The number of nitrogens with one attached hydrogen (secondary N) is 2. The van der Waals surface area contributed by atoms with Gasteiger partial charge < -0.3 is 20.8 Å². The van der Waals surface area contributed by atoms with Gasteiger partial charge >= 0.3 is 6.03 Å². The maximum Gasteiger partial charge on any atom is 0.319 e. The molecule has 0 saturated heterocycles. The fourth-order valence-electron chi connectivity index (χ4n) is 3.51. The molecule has 8 nitrogen and oxygen atoms in total. The first-order valence-corrected chi connectivity index (χ1v) is 8.99. The highest BCUT2D eigenvalue weighted by Gasteiger charge is 2.42. The quantitative estimate of drug-likeness (QED) is 0.640. The number of carbonyl (C=O) groups is 1. The molecule has 4 N–H and O–H groups in total. The third kappa shape index (κ3) is 3.71. The summed E-state index contributed by atoms with van der Waals surface area (Å²) in [6.45, 7) is 0.469. The molecule has 2 amide bonds. The fraction of sp³-hybridized carbons (Fsp3) is 0.500. The molecular weight excluding hydrogens is 334 g/mol. The summed E-state index contributed by atoms with van der Waals surface area (Å²) in [5.41, 5.74) is 1.67. The smallest absolute Gasteiger partial charge is 0.319 e. The number of aromatic nitrogens is 3. The van der Waals surface area contributed by atoms with Crippen molar-refractivity contribution in [2.45, 2.75) is 50.0 Å². The van der Waals surface area contributed by atoms with Crippen molar-refractivity contribution in [3.63, 3.8) is 0 Å². The molecule has 1 aromatic carbocycles. The van der Waals surface area contributed by atoms with Crippen LogP contribution in [0.15, 0.2) is 36.5 Å². The van der Waals surface area contributed by atoms with Crippen molar-refractivity contribution >= 4 is 11.7 Å². The number of hydrogen-bond donors (Lipinski definition) is 4. The number of amides is 2. The molecule has 0 radical (unpaired) electrons. The lowest BCUT2D eigenvalue weighted by Crippen LogP contribution is -2.44. The molecule has 4 rings (SSSR count). The zero-order valence-electron chi connectivity index (χ0n) is 14.3. The number of benzene rings is 1. The van der Waals surface area contributed by atoms with E-state index in [1.165, 1.54) is 0 Å². The monoisotopic (exact) mass is 357 g/mol. The van der Waals surface area contributed by atoms with Crippen LogP contribution in [0.5, 0.6) is 0 Å². The Kier molecular flexibility index (Phi) is 4.60. The maximum atomic E-state index is 12.1. The van der Waals surface area contributed by atoms with E-state index < -0.39 is 24.3 Å². The standard InChI is InChI=1S/C18H23N5O3/c24-16-12(9-23-10-15(21-22-23)11-6-7-11)8-14(17(16)25)20-18(26)19-13-4-2-1-3-5-13/h1-5,10-12,14,16-17,24-25H,6-9H2,(H2,19,20,26)/t12-,14-,16-,17+/m1/s1. The summed E-state index contributed by atoms with van der Waals surface area (Å²) in [6.07, 6.45) is 2.79. The summed E-state index contributed by atoms with van der Waals surface area (Å²) in [6, 6.07) is 8.18. The molecule has 2 fully saturated rings. The van der Waals surface area contributed by atoms with Gasteiger partial charge in [-0.05, 0) is 31.4 Å². The number of rotatable bonds is 5. The van der Waals surface area contributed by atoms with E-state index in [0.29, 0.717) is 24.6 Å². The number of para-hydroxylation sites is 1. The van der Waals surface area contributed by atoms with Crippen LogP contribution in [0.1, 0.15) is 30.9 Å². The fourth-order valence-corrected chi connectivity index (χ4v) is 3.51. The molecule has 0 spiro atoms. The van der Waals surface area contributed by atoms with E-state index in [4.69, 9.17) is 0 Å². The van der Waals surface area contributed by atoms with Crippen molar-refractivity contribution < 1.29 is 15.0 Å². The van der Waals surface area contributed by atoms with Gasteiger partial charge in [-0.15, -0.1) is 5.10 Å². The largest absolute Gasteiger partial charge is 0.390 e. The highest BCUT2D eigenvalue weighted by atomic mass is 16.3. The van der Waals surface area contributed by atoms with E-state index in [0.717, 1.165) is 18.5 Å². The van der Waals surface area contributed by atoms with E-state index in [-0.39, 0.29) is 5.92 Å². The first-order valence-electron chi connectivity index (χ1n) is 8.99. The molecule has 26 heavy (non-hydrogen) atoms. The number of nitrogens with zero attached hydrogens (tertiary/aromatic N) is 3. The summed E-state index contributed by atoms with van der Waals surface area (Å²) in [7, 11) is 0. The van der Waals surface area contributed by atoms with Gasteiger partial charge in [0.2, 0.25) is 0 Å². The second-order valence-corrected chi connectivity index (χ2v) is 7.19. The average Bonchev–Trinajstić information content (AvgIpc) is 3.33. The van der Waals surface area contributed by atoms with Crippen molar-refractivity contribution in [1.29, 1.82) is 0 Å². The van der Waals surface area contributed by atoms with Gasteiger partial charge in [0, 0.05) is 30.3 Å². The zero-order chi connectivity index (χ0) is 18.1. The third-order valence-electron chi connectivity index (χ3n) is 5.12. The number of urea groups is 1. The Bertz CT molecular complexity index is 761. The normalized spacial score (nSPS) is 28.1. The van der Waals surface area contributed by atoms with E-state index >= 15 is 0 Å². The van der Waals surface area contributed by atoms with Crippen LogP contribution < -0.4 is 10.6 Å². The number of aliphatic hydroxyl groups excluding tert-OH is 2. The molecule has 2 saturated carbocycles. The topological polar surface area (TPSA) is 112 Å². The van der Waals surface area contributed by atoms with Crippen LogP contribution in [0, 0.1) is 5.92 Å². The molecule has 138 valence electrons. The molecule has 2 aromatic rings. The highest BCUT2D eigenvalue weighted by Crippen LogP contribution is 2.38. The molecule has 0 unspecified atom stereocenters. The molecule has 0 bridgehead atoms. The van der Waals surface area contributed by atoms with Crippen LogP contribution in [-0.2, 0) is 6.54 Å². The molecule has 1 aromatic heterocycles. The molecule has 0 aliphatic heterocycles. The Labute approximate surface area is 151 Å².